The van der Waals surface area contributed by atoms with Gasteiger partial charge in [-0.05, 0) is 30.7 Å². The second-order valence-corrected chi connectivity index (χ2v) is 6.64. The number of nitrogens with one attached hydrogen (secondary N) is 2. The number of fused-ring (bicyclic) bond motifs is 3. The van der Waals surface area contributed by atoms with Gasteiger partial charge in [-0.25, -0.2) is 4.98 Å². The average molecular weight is 291 g/mol. The van der Waals surface area contributed by atoms with Gasteiger partial charge in [-0.15, -0.1) is 11.3 Å². The van der Waals surface area contributed by atoms with Gasteiger partial charge in [-0.2, -0.15) is 0 Å². The molecule has 0 spiro atoms. The fourth-order valence-corrected chi connectivity index (χ4v) is 3.75. The third-order valence-corrected chi connectivity index (χ3v) is 4.65. The summed E-state index contributed by atoms with van der Waals surface area (Å²) in [5.41, 5.74) is 0.942. The number of nitrogens with zero attached hydrogens (tertiary/aromatic N) is 1. The lowest BCUT2D eigenvalue weighted by Gasteiger charge is -2.06. The van der Waals surface area contributed by atoms with E-state index in [4.69, 9.17) is 0 Å². The van der Waals surface area contributed by atoms with Gasteiger partial charge < -0.3 is 10.3 Å². The highest BCUT2D eigenvalue weighted by Gasteiger charge is 2.22. The summed E-state index contributed by atoms with van der Waals surface area (Å²) in [5.74, 6) is 0.161. The predicted molar refractivity (Wildman–Crippen MR) is 79.4 cm³/mol. The third kappa shape index (κ3) is 2.24. The standard InChI is InChI=1S/C14H17N3O2S/c1-7(2)6-15-13(19)11-16-12(18)10-8-4-3-5-9(8)20-14(10)17-11/h7H,3-6H2,1-2H3,(H,15,19)(H,16,17,18). The molecule has 0 radical (unpaired) electrons. The van der Waals surface area contributed by atoms with Crippen molar-refractivity contribution in [2.45, 2.75) is 33.1 Å². The quantitative estimate of drug-likeness (QED) is 0.906. The minimum atomic E-state index is -0.314. The normalized spacial score (nSPS) is 13.9. The second-order valence-electron chi connectivity index (χ2n) is 5.56. The van der Waals surface area contributed by atoms with Gasteiger partial charge in [-0.3, -0.25) is 9.59 Å². The number of aromatic nitrogens is 2. The van der Waals surface area contributed by atoms with E-state index >= 15 is 0 Å². The Morgan fingerprint density at radius 1 is 1.45 bits per heavy atom. The Morgan fingerprint density at radius 3 is 3.00 bits per heavy atom. The Kier molecular flexibility index (Phi) is 3.33. The summed E-state index contributed by atoms with van der Waals surface area (Å²) >= 11 is 1.55. The number of aromatic amines is 1. The summed E-state index contributed by atoms with van der Waals surface area (Å²) in [4.78, 5) is 33.1. The molecule has 0 unspecified atom stereocenters. The van der Waals surface area contributed by atoms with Crippen LogP contribution in [0.3, 0.4) is 0 Å². The van der Waals surface area contributed by atoms with Gasteiger partial charge in [0.25, 0.3) is 11.5 Å². The smallest absolute Gasteiger partial charge is 0.287 e. The molecule has 3 rings (SSSR count). The Balaban J connectivity index is 1.99. The molecule has 0 atom stereocenters. The van der Waals surface area contributed by atoms with Crippen molar-refractivity contribution in [1.29, 1.82) is 0 Å². The maximum absolute atomic E-state index is 12.2. The fourth-order valence-electron chi connectivity index (χ4n) is 2.49. The number of carbonyl (C=O) groups excluding carboxylic acids is 1. The number of aryl methyl sites for hydroxylation is 2. The molecule has 0 aliphatic heterocycles. The number of hydrogen-bond donors (Lipinski definition) is 2. The lowest BCUT2D eigenvalue weighted by Crippen LogP contribution is -2.30. The molecular formula is C14H17N3O2S. The number of rotatable bonds is 3. The molecule has 20 heavy (non-hydrogen) atoms. The minimum Gasteiger partial charge on any atom is -0.349 e. The van der Waals surface area contributed by atoms with Crippen molar-refractivity contribution in [2.24, 2.45) is 5.92 Å². The highest BCUT2D eigenvalue weighted by Crippen LogP contribution is 2.34. The number of thiophene rings is 1. The van der Waals surface area contributed by atoms with Gasteiger partial charge in [0, 0.05) is 11.4 Å². The van der Waals surface area contributed by atoms with E-state index in [0.29, 0.717) is 22.7 Å². The van der Waals surface area contributed by atoms with Crippen molar-refractivity contribution >= 4 is 27.5 Å². The first-order valence-electron chi connectivity index (χ1n) is 6.89. The molecule has 1 amide bonds. The molecule has 0 aromatic carbocycles. The SMILES string of the molecule is CC(C)CNC(=O)c1nc2sc3c(c2c(=O)[nH]1)CCC3. The third-order valence-electron chi connectivity index (χ3n) is 3.46. The number of H-pyrrole nitrogens is 1. The van der Waals surface area contributed by atoms with E-state index in [-0.39, 0.29) is 17.3 Å². The zero-order chi connectivity index (χ0) is 14.3. The molecule has 5 nitrogen and oxygen atoms in total. The van der Waals surface area contributed by atoms with Gasteiger partial charge in [0.1, 0.15) is 4.83 Å². The highest BCUT2D eigenvalue weighted by molar-refractivity contribution is 7.18. The predicted octanol–water partition coefficient (Wildman–Crippen LogP) is 1.86. The van der Waals surface area contributed by atoms with Gasteiger partial charge in [0.15, 0.2) is 0 Å². The molecule has 6 heteroatoms. The molecule has 106 valence electrons. The van der Waals surface area contributed by atoms with E-state index < -0.39 is 0 Å². The van der Waals surface area contributed by atoms with Gasteiger partial charge in [0.05, 0.1) is 5.39 Å². The molecule has 2 heterocycles. The van der Waals surface area contributed by atoms with Crippen LogP contribution in [0.2, 0.25) is 0 Å². The largest absolute Gasteiger partial charge is 0.349 e. The summed E-state index contributed by atoms with van der Waals surface area (Å²) in [6, 6.07) is 0. The van der Waals surface area contributed by atoms with Crippen LogP contribution < -0.4 is 10.9 Å². The van der Waals surface area contributed by atoms with Crippen molar-refractivity contribution in [3.8, 4) is 0 Å². The van der Waals surface area contributed by atoms with Crippen LogP contribution in [0.25, 0.3) is 10.2 Å². The van der Waals surface area contributed by atoms with Crippen LogP contribution in [0.4, 0.5) is 0 Å². The maximum atomic E-state index is 12.2. The van der Waals surface area contributed by atoms with Crippen LogP contribution in [-0.2, 0) is 12.8 Å². The van der Waals surface area contributed by atoms with E-state index in [9.17, 15) is 9.59 Å². The first-order chi connectivity index (χ1) is 9.56. The van der Waals surface area contributed by atoms with Crippen molar-refractivity contribution in [3.63, 3.8) is 0 Å². The minimum absolute atomic E-state index is 0.114. The molecule has 2 aromatic rings. The van der Waals surface area contributed by atoms with E-state index in [1.807, 2.05) is 13.8 Å². The van der Waals surface area contributed by atoms with Crippen LogP contribution >= 0.6 is 11.3 Å². The summed E-state index contributed by atoms with van der Waals surface area (Å²) in [6.07, 6.45) is 3.07. The first kappa shape index (κ1) is 13.3. The van der Waals surface area contributed by atoms with E-state index in [1.54, 1.807) is 11.3 Å². The lowest BCUT2D eigenvalue weighted by molar-refractivity contribution is 0.0938. The molecule has 2 aromatic heterocycles. The topological polar surface area (TPSA) is 74.8 Å². The van der Waals surface area contributed by atoms with Crippen LogP contribution in [0, 0.1) is 5.92 Å². The number of carbonyl (C=O) groups is 1. The molecular weight excluding hydrogens is 274 g/mol. The molecule has 2 N–H and O–H groups in total. The van der Waals surface area contributed by atoms with Crippen molar-refractivity contribution in [2.75, 3.05) is 6.54 Å². The van der Waals surface area contributed by atoms with Crippen LogP contribution in [0.1, 0.15) is 41.3 Å². The zero-order valence-corrected chi connectivity index (χ0v) is 12.4. The second kappa shape index (κ2) is 5.01. The van der Waals surface area contributed by atoms with E-state index in [1.165, 1.54) is 4.88 Å². The van der Waals surface area contributed by atoms with E-state index in [2.05, 4.69) is 15.3 Å². The molecule has 0 fully saturated rings. The average Bonchev–Trinajstić information content (AvgIpc) is 2.95. The molecule has 0 bridgehead atoms. The van der Waals surface area contributed by atoms with Gasteiger partial charge in [0.2, 0.25) is 5.82 Å². The van der Waals surface area contributed by atoms with E-state index in [0.717, 1.165) is 24.8 Å². The highest BCUT2D eigenvalue weighted by atomic mass is 32.1. The molecule has 1 aliphatic rings. The monoisotopic (exact) mass is 291 g/mol. The Labute approximate surface area is 120 Å². The number of amides is 1. The molecule has 1 aliphatic carbocycles. The Morgan fingerprint density at radius 2 is 2.25 bits per heavy atom. The lowest BCUT2D eigenvalue weighted by atomic mass is 10.2. The Hall–Kier alpha value is -1.69. The summed E-state index contributed by atoms with van der Waals surface area (Å²) in [5, 5.41) is 3.46. The summed E-state index contributed by atoms with van der Waals surface area (Å²) < 4.78 is 0. The zero-order valence-electron chi connectivity index (χ0n) is 11.6. The van der Waals surface area contributed by atoms with Crippen LogP contribution in [0.5, 0.6) is 0 Å². The first-order valence-corrected chi connectivity index (χ1v) is 7.70. The number of hydrogen-bond acceptors (Lipinski definition) is 4. The van der Waals surface area contributed by atoms with Gasteiger partial charge >= 0.3 is 0 Å². The van der Waals surface area contributed by atoms with Crippen LogP contribution in [0.15, 0.2) is 4.79 Å². The molecule has 0 saturated heterocycles. The Bertz CT molecular complexity index is 730. The fraction of sp³-hybridized carbons (Fsp3) is 0.500. The maximum Gasteiger partial charge on any atom is 0.287 e. The van der Waals surface area contributed by atoms with Crippen molar-refractivity contribution in [1.82, 2.24) is 15.3 Å². The summed E-state index contributed by atoms with van der Waals surface area (Å²) in [7, 11) is 0. The van der Waals surface area contributed by atoms with Crippen molar-refractivity contribution in [3.05, 3.63) is 26.6 Å². The summed E-state index contributed by atoms with van der Waals surface area (Å²) in [6.45, 7) is 4.61. The molecule has 0 saturated carbocycles. The van der Waals surface area contributed by atoms with Crippen molar-refractivity contribution < 1.29 is 4.79 Å². The van der Waals surface area contributed by atoms with Crippen LogP contribution in [-0.4, -0.2) is 22.4 Å². The van der Waals surface area contributed by atoms with Gasteiger partial charge in [-0.1, -0.05) is 13.8 Å².